The van der Waals surface area contributed by atoms with E-state index in [0.29, 0.717) is 38.8 Å². The number of ether oxygens (including phenoxy) is 1. The fourth-order valence-corrected chi connectivity index (χ4v) is 7.26. The predicted molar refractivity (Wildman–Crippen MR) is 174 cm³/mol. The van der Waals surface area contributed by atoms with Gasteiger partial charge in [0.1, 0.15) is 6.04 Å². The van der Waals surface area contributed by atoms with Gasteiger partial charge in [0.15, 0.2) is 5.75 Å². The van der Waals surface area contributed by atoms with Crippen molar-refractivity contribution in [2.75, 3.05) is 19.6 Å². The molecule has 2 atom stereocenters. The van der Waals surface area contributed by atoms with Gasteiger partial charge in [-0.1, -0.05) is 75.1 Å². The maximum absolute atomic E-state index is 14.5. The molecule has 3 amide bonds. The molecule has 3 aliphatic rings. The highest BCUT2D eigenvalue weighted by Gasteiger charge is 2.41. The number of nitrogens with one attached hydrogen (secondary N) is 2. The minimum absolute atomic E-state index is 0.0654. The molecule has 0 bridgehead atoms. The second-order valence-corrected chi connectivity index (χ2v) is 13.4. The molecule has 1 aliphatic heterocycles. The predicted octanol–water partition coefficient (Wildman–Crippen LogP) is 5.45. The Morgan fingerprint density at radius 2 is 1.82 bits per heavy atom. The number of carbonyl (C=O) groups is 3. The van der Waals surface area contributed by atoms with Gasteiger partial charge in [0.05, 0.1) is 24.2 Å². The molecule has 1 aromatic heterocycles. The van der Waals surface area contributed by atoms with Crippen LogP contribution < -0.4 is 21.1 Å². The van der Waals surface area contributed by atoms with Gasteiger partial charge in [-0.2, -0.15) is 0 Å². The van der Waals surface area contributed by atoms with Crippen LogP contribution in [0.5, 0.6) is 5.75 Å². The summed E-state index contributed by atoms with van der Waals surface area (Å²) in [6.07, 6.45) is 8.20. The first kappa shape index (κ1) is 30.0. The van der Waals surface area contributed by atoms with Crippen molar-refractivity contribution in [1.29, 1.82) is 0 Å². The summed E-state index contributed by atoms with van der Waals surface area (Å²) in [6, 6.07) is 6.09. The zero-order valence-corrected chi connectivity index (χ0v) is 26.9. The topological polar surface area (TPSA) is 117 Å². The molecule has 44 heavy (non-hydrogen) atoms. The fraction of sp³-hybridized carbons (Fsp3) is 0.606. The minimum atomic E-state index is -0.978. The highest BCUT2D eigenvalue weighted by atomic mass is 35.5. The number of thiophene rings is 1. The number of amides is 3. The van der Waals surface area contributed by atoms with E-state index in [-0.39, 0.29) is 48.6 Å². The van der Waals surface area contributed by atoms with Gasteiger partial charge in [-0.05, 0) is 54.3 Å². The molecule has 11 heteroatoms. The van der Waals surface area contributed by atoms with E-state index in [1.54, 1.807) is 23.1 Å². The summed E-state index contributed by atoms with van der Waals surface area (Å²) in [6.45, 7) is 0.798. The maximum Gasteiger partial charge on any atom is 0.415 e. The summed E-state index contributed by atoms with van der Waals surface area (Å²) in [5.74, 6) is -1.25. The first-order chi connectivity index (χ1) is 22.1. The van der Waals surface area contributed by atoms with Crippen molar-refractivity contribution in [2.45, 2.75) is 102 Å². The Hall–Kier alpha value is -2.66. The zero-order valence-electron chi connectivity index (χ0n) is 27.3. The third-order valence-corrected chi connectivity index (χ3v) is 10.0. The highest BCUT2D eigenvalue weighted by Crippen LogP contribution is 2.30. The minimum Gasteiger partial charge on any atom is -0.409 e. The maximum atomic E-state index is 14.5. The number of carbonyl (C=O) groups excluding carboxylic acids is 3. The van der Waals surface area contributed by atoms with Gasteiger partial charge < -0.3 is 30.9 Å². The number of rotatable bonds is 10. The summed E-state index contributed by atoms with van der Waals surface area (Å²) < 4.78 is 24.0. The molecule has 2 aliphatic carbocycles. The average Bonchev–Trinajstić information content (AvgIpc) is 3.58. The smallest absolute Gasteiger partial charge is 0.409 e. The molecule has 4 N–H and O–H groups in total. The lowest BCUT2D eigenvalue weighted by Crippen LogP contribution is -2.64. The summed E-state index contributed by atoms with van der Waals surface area (Å²) >= 11 is 7.86. The zero-order chi connectivity index (χ0) is 32.7. The molecule has 3 fully saturated rings. The lowest BCUT2D eigenvalue weighted by molar-refractivity contribution is -0.145. The first-order valence-electron chi connectivity index (χ1n) is 16.9. The Morgan fingerprint density at radius 3 is 2.50 bits per heavy atom. The van der Waals surface area contributed by atoms with Gasteiger partial charge in [-0.25, -0.2) is 4.79 Å². The Morgan fingerprint density at radius 1 is 1.07 bits per heavy atom. The van der Waals surface area contributed by atoms with E-state index in [2.05, 4.69) is 10.6 Å². The van der Waals surface area contributed by atoms with E-state index in [4.69, 9.17) is 23.4 Å². The molecule has 0 spiro atoms. The molecule has 240 valence electrons. The number of piperazine rings is 1. The van der Waals surface area contributed by atoms with E-state index in [0.717, 1.165) is 49.0 Å². The molecule has 0 unspecified atom stereocenters. The second-order valence-electron chi connectivity index (χ2n) is 12.0. The SMILES string of the molecule is [2H]C1(C[C@H](NC2([2H])CCCCC2)C(=O)N2CCN(C(=O)Oc3ccc(CN)cc3Cl)C[C@H]2C(=O)NCc2cccs2)CCCCC1. The monoisotopic (exact) mass is 645 g/mol. The van der Waals surface area contributed by atoms with Crippen LogP contribution in [0.3, 0.4) is 0 Å². The third kappa shape index (κ3) is 8.74. The van der Waals surface area contributed by atoms with Gasteiger partial charge in [-0.15, -0.1) is 11.3 Å². The number of halogens is 1. The molecule has 1 aromatic carbocycles. The summed E-state index contributed by atoms with van der Waals surface area (Å²) in [4.78, 5) is 45.6. The van der Waals surface area contributed by atoms with Gasteiger partial charge >= 0.3 is 6.09 Å². The van der Waals surface area contributed by atoms with Crippen LogP contribution in [0.15, 0.2) is 35.7 Å². The normalized spacial score (nSPS) is 22.8. The Labute approximate surface area is 272 Å². The van der Waals surface area contributed by atoms with Crippen molar-refractivity contribution in [3.8, 4) is 5.75 Å². The fourth-order valence-electron chi connectivity index (χ4n) is 6.37. The van der Waals surface area contributed by atoms with E-state index in [1.165, 1.54) is 16.2 Å². The Balaban J connectivity index is 1.36. The molecule has 9 nitrogen and oxygen atoms in total. The number of nitrogens with zero attached hydrogens (tertiary/aromatic N) is 2. The lowest BCUT2D eigenvalue weighted by atomic mass is 9.83. The lowest BCUT2D eigenvalue weighted by Gasteiger charge is -2.42. The molecule has 2 saturated carbocycles. The van der Waals surface area contributed by atoms with Crippen molar-refractivity contribution < 1.29 is 21.9 Å². The van der Waals surface area contributed by atoms with E-state index in [1.807, 2.05) is 17.5 Å². The van der Waals surface area contributed by atoms with Crippen LogP contribution in [0.4, 0.5) is 4.79 Å². The average molecular weight is 646 g/mol. The molecular formula is C33H46ClN5O4S. The Bertz CT molecular complexity index is 1330. The first-order valence-corrected chi connectivity index (χ1v) is 17.2. The second kappa shape index (κ2) is 16.1. The van der Waals surface area contributed by atoms with Crippen LogP contribution in [0.25, 0.3) is 0 Å². The van der Waals surface area contributed by atoms with Crippen LogP contribution in [0, 0.1) is 5.89 Å². The van der Waals surface area contributed by atoms with Crippen LogP contribution in [-0.4, -0.2) is 65.4 Å². The Kier molecular flexibility index (Phi) is 11.0. The van der Waals surface area contributed by atoms with E-state index in [9.17, 15) is 15.8 Å². The summed E-state index contributed by atoms with van der Waals surface area (Å²) in [5.41, 5.74) is 6.49. The van der Waals surface area contributed by atoms with Crippen molar-refractivity contribution in [3.63, 3.8) is 0 Å². The summed E-state index contributed by atoms with van der Waals surface area (Å²) in [7, 11) is 0. The molecule has 2 heterocycles. The van der Waals surface area contributed by atoms with Gasteiger partial charge in [0, 0.05) is 33.3 Å². The van der Waals surface area contributed by atoms with Crippen molar-refractivity contribution in [2.24, 2.45) is 11.6 Å². The van der Waals surface area contributed by atoms with Crippen LogP contribution >= 0.6 is 22.9 Å². The number of hydrogen-bond donors (Lipinski definition) is 3. The quantitative estimate of drug-likeness (QED) is 0.316. The van der Waals surface area contributed by atoms with E-state index < -0.39 is 30.1 Å². The number of benzene rings is 1. The molecular weight excluding hydrogens is 598 g/mol. The molecule has 1 saturated heterocycles. The van der Waals surface area contributed by atoms with Crippen LogP contribution in [-0.2, 0) is 22.7 Å². The van der Waals surface area contributed by atoms with Gasteiger partial charge in [0.25, 0.3) is 0 Å². The van der Waals surface area contributed by atoms with Crippen LogP contribution in [0.2, 0.25) is 5.02 Å². The molecule has 0 radical (unpaired) electrons. The standard InChI is InChI=1S/C33H46ClN5O4S/c34-27-18-24(20-35)13-14-30(27)43-33(42)38-15-16-39(29(22-38)31(40)36-21-26-12-7-17-44-26)32(41)28(19-23-8-3-1-4-9-23)37-25-10-5-2-6-11-25/h7,12-14,17-18,23,25,28-29,37H,1-6,8-11,15-16,19-22,35H2,(H,36,40)/t28-,29-/m0/s1/i23D,25D. The van der Waals surface area contributed by atoms with Gasteiger partial charge in [-0.3, -0.25) is 9.59 Å². The van der Waals surface area contributed by atoms with Crippen LogP contribution in [0.1, 0.15) is 83.8 Å². The van der Waals surface area contributed by atoms with Gasteiger partial charge in [0.2, 0.25) is 11.8 Å². The number of hydrogen-bond acceptors (Lipinski definition) is 7. The molecule has 5 rings (SSSR count). The molecule has 2 aromatic rings. The van der Waals surface area contributed by atoms with Crippen molar-refractivity contribution in [1.82, 2.24) is 20.4 Å². The summed E-state index contributed by atoms with van der Waals surface area (Å²) in [5, 5.41) is 8.54. The highest BCUT2D eigenvalue weighted by molar-refractivity contribution is 7.09. The largest absolute Gasteiger partial charge is 0.415 e. The van der Waals surface area contributed by atoms with Crippen molar-refractivity contribution >= 4 is 40.8 Å². The van der Waals surface area contributed by atoms with E-state index >= 15 is 0 Å². The van der Waals surface area contributed by atoms with Crippen molar-refractivity contribution in [3.05, 3.63) is 51.2 Å². The third-order valence-electron chi connectivity index (χ3n) is 8.86. The number of nitrogens with two attached hydrogens (primary N) is 1.